The van der Waals surface area contributed by atoms with E-state index in [0.29, 0.717) is 16.4 Å². The van der Waals surface area contributed by atoms with E-state index in [1.807, 2.05) is 18.2 Å². The fourth-order valence-corrected chi connectivity index (χ4v) is 5.23. The minimum atomic E-state index is -0.919. The lowest BCUT2D eigenvalue weighted by Crippen LogP contribution is -2.29. The molecule has 0 aliphatic carbocycles. The molecule has 4 aromatic rings. The third-order valence-corrected chi connectivity index (χ3v) is 7.07. The Morgan fingerprint density at radius 1 is 1.09 bits per heavy atom. The summed E-state index contributed by atoms with van der Waals surface area (Å²) in [4.78, 5) is 32.6. The van der Waals surface area contributed by atoms with E-state index in [1.165, 1.54) is 40.5 Å². The van der Waals surface area contributed by atoms with Crippen LogP contribution in [0, 0.1) is 5.82 Å². The van der Waals surface area contributed by atoms with Crippen LogP contribution in [0.2, 0.25) is 0 Å². The van der Waals surface area contributed by atoms with Gasteiger partial charge in [-0.05, 0) is 66.1 Å². The molecular weight excluding hydrogens is 467 g/mol. The van der Waals surface area contributed by atoms with E-state index in [-0.39, 0.29) is 16.9 Å². The standard InChI is InChI=1S/C27H21FN2O4S/c1-3-15-4-13-20-21(14-15)35-27(29-20)30-23(16-7-11-19(34-2)12-8-16)22(25(32)26(30)33)24(31)17-5-9-18(28)10-6-17/h4-14,23,31H,3H2,1-2H3. The third kappa shape index (κ3) is 3.95. The lowest BCUT2D eigenvalue weighted by molar-refractivity contribution is -0.132. The number of aryl methyl sites for hydroxylation is 1. The van der Waals surface area contributed by atoms with Crippen molar-refractivity contribution in [3.8, 4) is 5.75 Å². The molecule has 1 unspecified atom stereocenters. The lowest BCUT2D eigenvalue weighted by Gasteiger charge is -2.23. The number of aliphatic hydroxyl groups is 1. The van der Waals surface area contributed by atoms with Crippen molar-refractivity contribution in [3.63, 3.8) is 0 Å². The SMILES string of the molecule is CCc1ccc2nc(N3C(=O)C(=O)C(=C(O)c4ccc(F)cc4)C3c3ccc(OC)cc3)sc2c1. The highest BCUT2D eigenvalue weighted by Gasteiger charge is 2.48. The molecule has 5 rings (SSSR count). The summed E-state index contributed by atoms with van der Waals surface area (Å²) < 4.78 is 19.6. The molecule has 1 amide bonds. The number of methoxy groups -OCH3 is 1. The quantitative estimate of drug-likeness (QED) is 0.224. The van der Waals surface area contributed by atoms with Crippen LogP contribution in [-0.4, -0.2) is 28.9 Å². The van der Waals surface area contributed by atoms with Crippen molar-refractivity contribution in [1.82, 2.24) is 4.98 Å². The molecule has 1 saturated heterocycles. The number of thiazole rings is 1. The molecule has 0 bridgehead atoms. The second-order valence-electron chi connectivity index (χ2n) is 8.10. The molecule has 0 radical (unpaired) electrons. The van der Waals surface area contributed by atoms with Gasteiger partial charge in [0, 0.05) is 5.56 Å². The molecule has 176 valence electrons. The van der Waals surface area contributed by atoms with Gasteiger partial charge in [0.2, 0.25) is 0 Å². The highest BCUT2D eigenvalue weighted by molar-refractivity contribution is 7.22. The molecule has 8 heteroatoms. The number of aromatic nitrogens is 1. The highest BCUT2D eigenvalue weighted by Crippen LogP contribution is 2.44. The van der Waals surface area contributed by atoms with Crippen LogP contribution in [0.25, 0.3) is 16.0 Å². The summed E-state index contributed by atoms with van der Waals surface area (Å²) in [7, 11) is 1.54. The number of carbonyl (C=O) groups is 2. The molecule has 0 spiro atoms. The Hall–Kier alpha value is -4.04. The molecule has 1 aliphatic heterocycles. The van der Waals surface area contributed by atoms with Gasteiger partial charge >= 0.3 is 5.91 Å². The zero-order valence-electron chi connectivity index (χ0n) is 19.0. The first-order valence-electron chi connectivity index (χ1n) is 11.0. The fourth-order valence-electron chi connectivity index (χ4n) is 4.17. The number of nitrogens with zero attached hydrogens (tertiary/aromatic N) is 2. The first-order chi connectivity index (χ1) is 16.9. The summed E-state index contributed by atoms with van der Waals surface area (Å²) in [5, 5.41) is 11.5. The number of aliphatic hydroxyl groups excluding tert-OH is 1. The van der Waals surface area contributed by atoms with Crippen LogP contribution in [0.4, 0.5) is 9.52 Å². The van der Waals surface area contributed by atoms with E-state index in [4.69, 9.17) is 4.74 Å². The summed E-state index contributed by atoms with van der Waals surface area (Å²) in [5.74, 6) is -1.86. The van der Waals surface area contributed by atoms with E-state index in [0.717, 1.165) is 22.2 Å². The number of ether oxygens (including phenoxy) is 1. The highest BCUT2D eigenvalue weighted by atomic mass is 32.1. The van der Waals surface area contributed by atoms with E-state index >= 15 is 0 Å². The lowest BCUT2D eigenvalue weighted by atomic mass is 9.95. The van der Waals surface area contributed by atoms with Gasteiger partial charge in [-0.1, -0.05) is 36.5 Å². The Morgan fingerprint density at radius 3 is 2.46 bits per heavy atom. The van der Waals surface area contributed by atoms with Crippen LogP contribution in [0.3, 0.4) is 0 Å². The van der Waals surface area contributed by atoms with Gasteiger partial charge in [0.1, 0.15) is 17.3 Å². The minimum absolute atomic E-state index is 0.0831. The van der Waals surface area contributed by atoms with Crippen molar-refractivity contribution in [2.75, 3.05) is 12.0 Å². The van der Waals surface area contributed by atoms with Crippen LogP contribution in [0.15, 0.2) is 72.3 Å². The smallest absolute Gasteiger partial charge is 0.301 e. The van der Waals surface area contributed by atoms with Crippen molar-refractivity contribution in [1.29, 1.82) is 0 Å². The van der Waals surface area contributed by atoms with E-state index < -0.39 is 23.5 Å². The average Bonchev–Trinajstić information content (AvgIpc) is 3.41. The number of carbonyl (C=O) groups excluding carboxylic acids is 2. The van der Waals surface area contributed by atoms with E-state index in [1.54, 1.807) is 31.4 Å². The number of Topliss-reactive ketones (excluding diaryl/α,β-unsaturated/α-hetero) is 1. The average molecular weight is 489 g/mol. The molecule has 1 atom stereocenters. The maximum Gasteiger partial charge on any atom is 0.301 e. The largest absolute Gasteiger partial charge is 0.507 e. The Kier molecular flexibility index (Phi) is 5.82. The van der Waals surface area contributed by atoms with Crippen molar-refractivity contribution < 1.29 is 23.8 Å². The zero-order valence-corrected chi connectivity index (χ0v) is 19.8. The number of halogens is 1. The van der Waals surface area contributed by atoms with Crippen molar-refractivity contribution >= 4 is 44.1 Å². The molecule has 35 heavy (non-hydrogen) atoms. The van der Waals surface area contributed by atoms with E-state index in [2.05, 4.69) is 11.9 Å². The zero-order chi connectivity index (χ0) is 24.7. The molecule has 3 aromatic carbocycles. The molecular formula is C27H21FN2O4S. The Bertz CT molecular complexity index is 1480. The number of anilines is 1. The van der Waals surface area contributed by atoms with Gasteiger partial charge in [0.25, 0.3) is 5.78 Å². The number of amides is 1. The summed E-state index contributed by atoms with van der Waals surface area (Å²) in [6.45, 7) is 2.06. The Labute approximate surface area is 204 Å². The maximum atomic E-state index is 13.5. The molecule has 1 N–H and O–H groups in total. The summed E-state index contributed by atoms with van der Waals surface area (Å²) in [6, 6.07) is 17.0. The van der Waals surface area contributed by atoms with E-state index in [9.17, 15) is 19.1 Å². The van der Waals surface area contributed by atoms with Gasteiger partial charge < -0.3 is 9.84 Å². The number of rotatable bonds is 5. The minimum Gasteiger partial charge on any atom is -0.507 e. The molecule has 2 heterocycles. The monoisotopic (exact) mass is 488 g/mol. The van der Waals surface area contributed by atoms with Gasteiger partial charge in [0.15, 0.2) is 5.13 Å². The second-order valence-corrected chi connectivity index (χ2v) is 9.11. The summed E-state index contributed by atoms with van der Waals surface area (Å²) >= 11 is 1.31. The van der Waals surface area contributed by atoms with Crippen LogP contribution >= 0.6 is 11.3 Å². The maximum absolute atomic E-state index is 13.5. The predicted molar refractivity (Wildman–Crippen MR) is 133 cm³/mol. The van der Waals surface area contributed by atoms with Gasteiger partial charge in [-0.2, -0.15) is 0 Å². The molecule has 1 fully saturated rings. The Balaban J connectivity index is 1.70. The fraction of sp³-hybridized carbons (Fsp3) is 0.148. The first-order valence-corrected chi connectivity index (χ1v) is 11.8. The molecule has 1 aromatic heterocycles. The van der Waals surface area contributed by atoms with Gasteiger partial charge in [-0.25, -0.2) is 9.37 Å². The number of hydrogen-bond acceptors (Lipinski definition) is 6. The number of hydrogen-bond donors (Lipinski definition) is 1. The molecule has 1 aliphatic rings. The van der Waals surface area contributed by atoms with Gasteiger partial charge in [-0.3, -0.25) is 14.5 Å². The third-order valence-electron chi connectivity index (χ3n) is 6.05. The summed E-state index contributed by atoms with van der Waals surface area (Å²) in [6.07, 6.45) is 0.858. The second kappa shape index (κ2) is 8.96. The number of ketones is 1. The summed E-state index contributed by atoms with van der Waals surface area (Å²) in [5.41, 5.74) is 2.61. The van der Waals surface area contributed by atoms with Gasteiger partial charge in [-0.15, -0.1) is 0 Å². The number of benzene rings is 3. The van der Waals surface area contributed by atoms with Crippen LogP contribution in [-0.2, 0) is 16.0 Å². The van der Waals surface area contributed by atoms with Crippen LogP contribution in [0.1, 0.15) is 29.7 Å². The van der Waals surface area contributed by atoms with Gasteiger partial charge in [0.05, 0.1) is 28.9 Å². The van der Waals surface area contributed by atoms with Crippen molar-refractivity contribution in [2.45, 2.75) is 19.4 Å². The number of fused-ring (bicyclic) bond motifs is 1. The normalized spacial score (nSPS) is 17.3. The molecule has 6 nitrogen and oxygen atoms in total. The van der Waals surface area contributed by atoms with Crippen LogP contribution in [0.5, 0.6) is 5.75 Å². The Morgan fingerprint density at radius 2 is 1.80 bits per heavy atom. The van der Waals surface area contributed by atoms with Crippen LogP contribution < -0.4 is 9.64 Å². The molecule has 0 saturated carbocycles. The predicted octanol–water partition coefficient (Wildman–Crippen LogP) is 5.63. The first kappa shape index (κ1) is 22.7. The van der Waals surface area contributed by atoms with Crippen molar-refractivity contribution in [3.05, 3.63) is 94.8 Å². The van der Waals surface area contributed by atoms with Crippen molar-refractivity contribution in [2.24, 2.45) is 0 Å². The topological polar surface area (TPSA) is 79.7 Å².